The molecule has 1 aromatic carbocycles. The van der Waals surface area contributed by atoms with E-state index in [0.29, 0.717) is 12.1 Å². The lowest BCUT2D eigenvalue weighted by Gasteiger charge is -2.32. The number of hydrogen-bond donors (Lipinski definition) is 1. The molecule has 5 nitrogen and oxygen atoms in total. The smallest absolute Gasteiger partial charge is 0.337 e. The summed E-state index contributed by atoms with van der Waals surface area (Å²) in [4.78, 5) is 24.7. The molecule has 2 rings (SSSR count). The van der Waals surface area contributed by atoms with Gasteiger partial charge in [0.15, 0.2) is 0 Å². The Balaban J connectivity index is 2.19. The number of ether oxygens (including phenoxy) is 1. The van der Waals surface area contributed by atoms with E-state index in [1.54, 1.807) is 6.07 Å². The average molecular weight is 262 g/mol. The monoisotopic (exact) mass is 262 g/mol. The molecule has 0 radical (unpaired) electrons. The summed E-state index contributed by atoms with van der Waals surface area (Å²) in [5.41, 5.74) is 8.16. The van der Waals surface area contributed by atoms with Gasteiger partial charge in [0.25, 0.3) is 0 Å². The highest BCUT2D eigenvalue weighted by atomic mass is 16.5. The molecule has 0 bridgehead atoms. The molecule has 0 aliphatic carbocycles. The predicted octanol–water partition coefficient (Wildman–Crippen LogP) is 0.705. The van der Waals surface area contributed by atoms with Crippen molar-refractivity contribution in [3.63, 3.8) is 0 Å². The molecule has 0 saturated heterocycles. The maximum atomic E-state index is 11.5. The number of nitrogens with two attached hydrogens (primary N) is 1. The standard InChI is InChI=1S/C14H18N2O3/c1-9(13(15)17)16-6-5-10-7-11(14(18)19-2)3-4-12(10)8-16/h3-4,7,9H,5-6,8H2,1-2H3,(H2,15,17). The maximum absolute atomic E-state index is 11.5. The lowest BCUT2D eigenvalue weighted by atomic mass is 9.96. The average Bonchev–Trinajstić information content (AvgIpc) is 2.44. The molecule has 2 N–H and O–H groups in total. The van der Waals surface area contributed by atoms with Crippen molar-refractivity contribution in [1.29, 1.82) is 0 Å². The van der Waals surface area contributed by atoms with E-state index in [0.717, 1.165) is 24.1 Å². The highest BCUT2D eigenvalue weighted by Gasteiger charge is 2.24. The number of fused-ring (bicyclic) bond motifs is 1. The summed E-state index contributed by atoms with van der Waals surface area (Å²) in [5.74, 6) is -0.634. The van der Waals surface area contributed by atoms with Crippen molar-refractivity contribution < 1.29 is 14.3 Å². The van der Waals surface area contributed by atoms with Gasteiger partial charge in [-0.3, -0.25) is 9.69 Å². The molecule has 0 fully saturated rings. The summed E-state index contributed by atoms with van der Waals surface area (Å²) in [6, 6.07) is 5.27. The molecule has 0 saturated carbocycles. The van der Waals surface area contributed by atoms with Crippen LogP contribution in [0.25, 0.3) is 0 Å². The zero-order valence-corrected chi connectivity index (χ0v) is 11.2. The van der Waals surface area contributed by atoms with Gasteiger partial charge in [0, 0.05) is 13.1 Å². The van der Waals surface area contributed by atoms with Gasteiger partial charge < -0.3 is 10.5 Å². The Labute approximate surface area is 112 Å². The van der Waals surface area contributed by atoms with Crippen LogP contribution in [0.2, 0.25) is 0 Å². The third-order valence-electron chi connectivity index (χ3n) is 3.63. The van der Waals surface area contributed by atoms with Gasteiger partial charge in [-0.2, -0.15) is 0 Å². The summed E-state index contributed by atoms with van der Waals surface area (Å²) in [7, 11) is 1.37. The van der Waals surface area contributed by atoms with Crippen LogP contribution in [-0.4, -0.2) is 36.5 Å². The number of benzene rings is 1. The van der Waals surface area contributed by atoms with Crippen molar-refractivity contribution in [2.75, 3.05) is 13.7 Å². The molecule has 19 heavy (non-hydrogen) atoms. The van der Waals surface area contributed by atoms with Crippen molar-refractivity contribution in [1.82, 2.24) is 4.90 Å². The number of amides is 1. The van der Waals surface area contributed by atoms with Gasteiger partial charge in [-0.1, -0.05) is 6.07 Å². The second-order valence-corrected chi connectivity index (χ2v) is 4.77. The minimum absolute atomic E-state index is 0.270. The van der Waals surface area contributed by atoms with E-state index in [4.69, 9.17) is 10.5 Å². The SMILES string of the molecule is COC(=O)c1ccc2c(c1)CCN(C(C)C(N)=O)C2. The van der Waals surface area contributed by atoms with Gasteiger partial charge in [-0.15, -0.1) is 0 Å². The number of hydrogen-bond acceptors (Lipinski definition) is 4. The van der Waals surface area contributed by atoms with Crippen LogP contribution in [0.5, 0.6) is 0 Å². The van der Waals surface area contributed by atoms with Crippen LogP contribution < -0.4 is 5.73 Å². The highest BCUT2D eigenvalue weighted by Crippen LogP contribution is 2.22. The Hall–Kier alpha value is -1.88. The molecule has 1 unspecified atom stereocenters. The fraction of sp³-hybridized carbons (Fsp3) is 0.429. The van der Waals surface area contributed by atoms with Crippen molar-refractivity contribution in [3.8, 4) is 0 Å². The Morgan fingerprint density at radius 1 is 1.37 bits per heavy atom. The summed E-state index contributed by atoms with van der Waals surface area (Å²) in [6.07, 6.45) is 0.803. The molecular weight excluding hydrogens is 244 g/mol. The third-order valence-corrected chi connectivity index (χ3v) is 3.63. The van der Waals surface area contributed by atoms with Gasteiger partial charge >= 0.3 is 5.97 Å². The van der Waals surface area contributed by atoms with Crippen LogP contribution in [0, 0.1) is 0 Å². The lowest BCUT2D eigenvalue weighted by Crippen LogP contribution is -2.45. The zero-order chi connectivity index (χ0) is 14.0. The Kier molecular flexibility index (Phi) is 3.85. The first kappa shape index (κ1) is 13.5. The fourth-order valence-corrected chi connectivity index (χ4v) is 2.33. The van der Waals surface area contributed by atoms with Crippen LogP contribution in [0.3, 0.4) is 0 Å². The van der Waals surface area contributed by atoms with E-state index >= 15 is 0 Å². The van der Waals surface area contributed by atoms with Gasteiger partial charge in [-0.05, 0) is 36.6 Å². The third kappa shape index (κ3) is 2.76. The van der Waals surface area contributed by atoms with Crippen molar-refractivity contribution in [3.05, 3.63) is 34.9 Å². The summed E-state index contributed by atoms with van der Waals surface area (Å²) < 4.78 is 4.71. The summed E-state index contributed by atoms with van der Waals surface area (Å²) in [5, 5.41) is 0. The van der Waals surface area contributed by atoms with Crippen LogP contribution in [0.15, 0.2) is 18.2 Å². The highest BCUT2D eigenvalue weighted by molar-refractivity contribution is 5.89. The topological polar surface area (TPSA) is 72.6 Å². The molecule has 0 aromatic heterocycles. The van der Waals surface area contributed by atoms with Crippen LogP contribution in [0.1, 0.15) is 28.4 Å². The molecule has 0 spiro atoms. The largest absolute Gasteiger partial charge is 0.465 e. The number of rotatable bonds is 3. The normalized spacial score (nSPS) is 16.5. The minimum Gasteiger partial charge on any atom is -0.465 e. The minimum atomic E-state index is -0.323. The number of nitrogens with zero attached hydrogens (tertiary/aromatic N) is 1. The second-order valence-electron chi connectivity index (χ2n) is 4.77. The van der Waals surface area contributed by atoms with Gasteiger partial charge in [-0.25, -0.2) is 4.79 Å². The predicted molar refractivity (Wildman–Crippen MR) is 70.6 cm³/mol. The second kappa shape index (κ2) is 5.40. The Bertz CT molecular complexity index is 513. The van der Waals surface area contributed by atoms with Crippen LogP contribution in [0.4, 0.5) is 0 Å². The molecule has 5 heteroatoms. The van der Waals surface area contributed by atoms with Crippen LogP contribution in [-0.2, 0) is 22.5 Å². The number of esters is 1. The quantitative estimate of drug-likeness (QED) is 0.814. The van der Waals surface area contributed by atoms with E-state index in [-0.39, 0.29) is 17.9 Å². The lowest BCUT2D eigenvalue weighted by molar-refractivity contribution is -0.123. The zero-order valence-electron chi connectivity index (χ0n) is 11.2. The molecule has 102 valence electrons. The molecule has 1 aliphatic rings. The molecular formula is C14H18N2O3. The molecule has 1 atom stereocenters. The number of primary amides is 1. The van der Waals surface area contributed by atoms with Gasteiger partial charge in [0.2, 0.25) is 5.91 Å². The first-order valence-electron chi connectivity index (χ1n) is 6.26. The number of methoxy groups -OCH3 is 1. The van der Waals surface area contributed by atoms with Crippen molar-refractivity contribution in [2.45, 2.75) is 25.9 Å². The molecule has 1 aliphatic heterocycles. The summed E-state index contributed by atoms with van der Waals surface area (Å²) >= 11 is 0. The number of carbonyl (C=O) groups is 2. The Morgan fingerprint density at radius 2 is 2.11 bits per heavy atom. The van der Waals surface area contributed by atoms with E-state index in [1.165, 1.54) is 7.11 Å². The van der Waals surface area contributed by atoms with E-state index < -0.39 is 0 Å². The number of carbonyl (C=O) groups excluding carboxylic acids is 2. The first-order valence-corrected chi connectivity index (χ1v) is 6.26. The van der Waals surface area contributed by atoms with Crippen molar-refractivity contribution >= 4 is 11.9 Å². The first-order chi connectivity index (χ1) is 9.02. The van der Waals surface area contributed by atoms with E-state index in [1.807, 2.05) is 24.0 Å². The van der Waals surface area contributed by atoms with Crippen LogP contribution >= 0.6 is 0 Å². The maximum Gasteiger partial charge on any atom is 0.337 e. The van der Waals surface area contributed by atoms with Crippen molar-refractivity contribution in [2.24, 2.45) is 5.73 Å². The molecule has 1 amide bonds. The molecule has 1 heterocycles. The summed E-state index contributed by atoms with van der Waals surface area (Å²) in [6.45, 7) is 3.26. The van der Waals surface area contributed by atoms with Gasteiger partial charge in [0.05, 0.1) is 18.7 Å². The van der Waals surface area contributed by atoms with E-state index in [2.05, 4.69) is 0 Å². The fourth-order valence-electron chi connectivity index (χ4n) is 2.33. The van der Waals surface area contributed by atoms with Gasteiger partial charge in [0.1, 0.15) is 0 Å². The molecule has 1 aromatic rings. The van der Waals surface area contributed by atoms with E-state index in [9.17, 15) is 9.59 Å². The Morgan fingerprint density at radius 3 is 2.74 bits per heavy atom.